The summed E-state index contributed by atoms with van der Waals surface area (Å²) in [5.74, 6) is -0.520. The fourth-order valence-electron chi connectivity index (χ4n) is 2.30. The van der Waals surface area contributed by atoms with Crippen LogP contribution >= 0.6 is 0 Å². The number of rotatable bonds is 6. The Morgan fingerprint density at radius 1 is 1.35 bits per heavy atom. The molecule has 1 aliphatic rings. The Balaban J connectivity index is 2.59. The van der Waals surface area contributed by atoms with Crippen LogP contribution in [0.2, 0.25) is 0 Å². The second kappa shape index (κ2) is 7.06. The number of esters is 1. The van der Waals surface area contributed by atoms with Gasteiger partial charge in [-0.05, 0) is 33.1 Å². The predicted octanol–water partition coefficient (Wildman–Crippen LogP) is 0.611. The average molecular weight is 305 g/mol. The van der Waals surface area contributed by atoms with E-state index in [9.17, 15) is 18.0 Å². The third-order valence-corrected chi connectivity index (χ3v) is 5.18. The van der Waals surface area contributed by atoms with Crippen molar-refractivity contribution in [2.75, 3.05) is 24.7 Å². The number of hydrogen-bond acceptors (Lipinski definition) is 5. The third kappa shape index (κ3) is 5.11. The van der Waals surface area contributed by atoms with Crippen LogP contribution in [0, 0.1) is 5.92 Å². The summed E-state index contributed by atoms with van der Waals surface area (Å²) in [5.41, 5.74) is 0. The summed E-state index contributed by atoms with van der Waals surface area (Å²) in [6.45, 7) is 5.55. The number of amides is 1. The van der Waals surface area contributed by atoms with E-state index in [1.807, 2.05) is 13.8 Å². The first kappa shape index (κ1) is 16.9. The standard InChI is InChI=1S/C13H23NO5S/c1-4-19-13(16)8-14(10(2)3)12(15)7-11-5-6-20(17,18)9-11/h10-11H,4-9H2,1-3H3. The van der Waals surface area contributed by atoms with Crippen molar-refractivity contribution in [3.05, 3.63) is 0 Å². The van der Waals surface area contributed by atoms with Crippen LogP contribution in [0.15, 0.2) is 0 Å². The molecule has 0 bridgehead atoms. The van der Waals surface area contributed by atoms with Crippen molar-refractivity contribution < 1.29 is 22.7 Å². The van der Waals surface area contributed by atoms with Gasteiger partial charge in [-0.2, -0.15) is 0 Å². The van der Waals surface area contributed by atoms with Gasteiger partial charge in [0.15, 0.2) is 9.84 Å². The predicted molar refractivity (Wildman–Crippen MR) is 74.9 cm³/mol. The summed E-state index contributed by atoms with van der Waals surface area (Å²) in [5, 5.41) is 0. The highest BCUT2D eigenvalue weighted by molar-refractivity contribution is 7.91. The lowest BCUT2D eigenvalue weighted by Crippen LogP contribution is -2.42. The molecule has 0 spiro atoms. The second-order valence-electron chi connectivity index (χ2n) is 5.39. The first-order valence-electron chi connectivity index (χ1n) is 6.90. The lowest BCUT2D eigenvalue weighted by atomic mass is 10.0. The van der Waals surface area contributed by atoms with E-state index in [0.29, 0.717) is 6.42 Å². The highest BCUT2D eigenvalue weighted by atomic mass is 32.2. The minimum absolute atomic E-state index is 0.0735. The van der Waals surface area contributed by atoms with Gasteiger partial charge in [-0.3, -0.25) is 9.59 Å². The summed E-state index contributed by atoms with van der Waals surface area (Å²) in [6.07, 6.45) is 0.705. The van der Waals surface area contributed by atoms with Gasteiger partial charge in [0.05, 0.1) is 18.1 Å². The maximum atomic E-state index is 12.2. The molecular weight excluding hydrogens is 282 g/mol. The second-order valence-corrected chi connectivity index (χ2v) is 7.62. The van der Waals surface area contributed by atoms with Crippen LogP contribution < -0.4 is 0 Å². The molecular formula is C13H23NO5S. The molecule has 1 heterocycles. The molecule has 6 nitrogen and oxygen atoms in total. The number of ether oxygens (including phenoxy) is 1. The van der Waals surface area contributed by atoms with Gasteiger partial charge >= 0.3 is 5.97 Å². The van der Waals surface area contributed by atoms with Crippen molar-refractivity contribution in [1.82, 2.24) is 4.90 Å². The first-order valence-corrected chi connectivity index (χ1v) is 8.72. The Morgan fingerprint density at radius 2 is 2.00 bits per heavy atom. The van der Waals surface area contributed by atoms with Crippen LogP contribution in [-0.2, 0) is 24.2 Å². The summed E-state index contributed by atoms with van der Waals surface area (Å²) < 4.78 is 27.6. The van der Waals surface area contributed by atoms with Crippen LogP contribution in [-0.4, -0.2) is 55.9 Å². The number of sulfone groups is 1. The summed E-state index contributed by atoms with van der Waals surface area (Å²) >= 11 is 0. The van der Waals surface area contributed by atoms with Gasteiger partial charge in [0.25, 0.3) is 0 Å². The van der Waals surface area contributed by atoms with E-state index in [-0.39, 0.29) is 48.9 Å². The topological polar surface area (TPSA) is 80.8 Å². The molecule has 0 aliphatic carbocycles. The van der Waals surface area contributed by atoms with Crippen molar-refractivity contribution in [1.29, 1.82) is 0 Å². The van der Waals surface area contributed by atoms with Crippen LogP contribution in [0.1, 0.15) is 33.6 Å². The van der Waals surface area contributed by atoms with Crippen LogP contribution in [0.4, 0.5) is 0 Å². The molecule has 116 valence electrons. The van der Waals surface area contributed by atoms with E-state index in [1.165, 1.54) is 4.90 Å². The van der Waals surface area contributed by atoms with E-state index >= 15 is 0 Å². The largest absolute Gasteiger partial charge is 0.465 e. The fourth-order valence-corrected chi connectivity index (χ4v) is 4.16. The number of carbonyl (C=O) groups excluding carboxylic acids is 2. The summed E-state index contributed by atoms with van der Waals surface area (Å²) in [4.78, 5) is 25.2. The van der Waals surface area contributed by atoms with Gasteiger partial charge in [-0.25, -0.2) is 8.42 Å². The third-order valence-electron chi connectivity index (χ3n) is 3.34. The van der Waals surface area contributed by atoms with Crippen LogP contribution in [0.3, 0.4) is 0 Å². The van der Waals surface area contributed by atoms with E-state index < -0.39 is 15.8 Å². The number of hydrogen-bond donors (Lipinski definition) is 0. The molecule has 0 radical (unpaired) electrons. The fraction of sp³-hybridized carbons (Fsp3) is 0.846. The minimum Gasteiger partial charge on any atom is -0.465 e. The highest BCUT2D eigenvalue weighted by Gasteiger charge is 2.31. The molecule has 7 heteroatoms. The molecule has 0 aromatic heterocycles. The van der Waals surface area contributed by atoms with Gasteiger partial charge in [-0.1, -0.05) is 0 Å². The van der Waals surface area contributed by atoms with Crippen LogP contribution in [0.25, 0.3) is 0 Å². The molecule has 0 aromatic carbocycles. The van der Waals surface area contributed by atoms with E-state index in [4.69, 9.17) is 4.74 Å². The molecule has 1 atom stereocenters. The average Bonchev–Trinajstić information content (AvgIpc) is 2.65. The Morgan fingerprint density at radius 3 is 2.45 bits per heavy atom. The van der Waals surface area contributed by atoms with Crippen molar-refractivity contribution in [2.24, 2.45) is 5.92 Å². The molecule has 1 saturated heterocycles. The molecule has 20 heavy (non-hydrogen) atoms. The lowest BCUT2D eigenvalue weighted by molar-refractivity contribution is -0.150. The Kier molecular flexibility index (Phi) is 5.98. The summed E-state index contributed by atoms with van der Waals surface area (Å²) in [7, 11) is -2.98. The van der Waals surface area contributed by atoms with Gasteiger partial charge < -0.3 is 9.64 Å². The van der Waals surface area contributed by atoms with Crippen molar-refractivity contribution in [3.8, 4) is 0 Å². The highest BCUT2D eigenvalue weighted by Crippen LogP contribution is 2.22. The quantitative estimate of drug-likeness (QED) is 0.672. The van der Waals surface area contributed by atoms with E-state index in [2.05, 4.69) is 0 Å². The molecule has 1 aliphatic heterocycles. The van der Waals surface area contributed by atoms with Crippen LogP contribution in [0.5, 0.6) is 0 Å². The van der Waals surface area contributed by atoms with E-state index in [1.54, 1.807) is 6.92 Å². The first-order chi connectivity index (χ1) is 9.25. The molecule has 1 unspecified atom stereocenters. The molecule has 1 rings (SSSR count). The van der Waals surface area contributed by atoms with Gasteiger partial charge in [-0.15, -0.1) is 0 Å². The van der Waals surface area contributed by atoms with Gasteiger partial charge in [0.2, 0.25) is 5.91 Å². The Labute approximate surface area is 120 Å². The van der Waals surface area contributed by atoms with Crippen molar-refractivity contribution >= 4 is 21.7 Å². The zero-order valence-electron chi connectivity index (χ0n) is 12.3. The Hall–Kier alpha value is -1.11. The maximum Gasteiger partial charge on any atom is 0.325 e. The molecule has 1 amide bonds. The Bertz CT molecular complexity index is 457. The van der Waals surface area contributed by atoms with Crippen molar-refractivity contribution in [2.45, 2.75) is 39.7 Å². The van der Waals surface area contributed by atoms with Gasteiger partial charge in [0, 0.05) is 12.5 Å². The molecule has 0 aromatic rings. The minimum atomic E-state index is -2.98. The molecule has 0 saturated carbocycles. The SMILES string of the molecule is CCOC(=O)CN(C(=O)CC1CCS(=O)(=O)C1)C(C)C. The van der Waals surface area contributed by atoms with Crippen molar-refractivity contribution in [3.63, 3.8) is 0 Å². The number of carbonyl (C=O) groups is 2. The van der Waals surface area contributed by atoms with Gasteiger partial charge in [0.1, 0.15) is 6.54 Å². The maximum absolute atomic E-state index is 12.2. The summed E-state index contributed by atoms with van der Waals surface area (Å²) in [6, 6.07) is -0.120. The zero-order valence-corrected chi connectivity index (χ0v) is 13.1. The van der Waals surface area contributed by atoms with E-state index in [0.717, 1.165) is 0 Å². The molecule has 0 N–H and O–H groups in total. The normalized spacial score (nSPS) is 20.9. The number of nitrogens with zero attached hydrogens (tertiary/aromatic N) is 1. The monoisotopic (exact) mass is 305 g/mol. The zero-order chi connectivity index (χ0) is 15.3. The molecule has 1 fully saturated rings. The smallest absolute Gasteiger partial charge is 0.325 e. The lowest BCUT2D eigenvalue weighted by Gasteiger charge is -2.26.